The smallest absolute Gasteiger partial charge is 0.163 e. The van der Waals surface area contributed by atoms with Crippen molar-refractivity contribution in [2.75, 3.05) is 0 Å². The predicted octanol–water partition coefficient (Wildman–Crippen LogP) is 4.04. The molecule has 1 aromatic carbocycles. The van der Waals surface area contributed by atoms with Gasteiger partial charge in [-0.1, -0.05) is 23.4 Å². The van der Waals surface area contributed by atoms with Crippen LogP contribution in [0.4, 0.5) is 8.78 Å². The number of carbonyl (C=O) groups excluding carboxylic acids is 1. The Labute approximate surface area is 109 Å². The van der Waals surface area contributed by atoms with E-state index in [2.05, 4.69) is 4.98 Å². The van der Waals surface area contributed by atoms with Crippen molar-refractivity contribution in [3.05, 3.63) is 39.9 Å². The molecule has 0 aliphatic heterocycles. The Morgan fingerprint density at radius 3 is 2.82 bits per heavy atom. The van der Waals surface area contributed by atoms with E-state index in [1.165, 1.54) is 0 Å². The van der Waals surface area contributed by atoms with Crippen LogP contribution in [-0.2, 0) is 0 Å². The quantitative estimate of drug-likeness (QED) is 0.800. The average molecular weight is 292 g/mol. The summed E-state index contributed by atoms with van der Waals surface area (Å²) in [6.07, 6.45) is 0.575. The monoisotopic (exact) mass is 291 g/mol. The van der Waals surface area contributed by atoms with Crippen molar-refractivity contribution >= 4 is 41.0 Å². The van der Waals surface area contributed by atoms with Crippen molar-refractivity contribution in [3.63, 3.8) is 0 Å². The van der Waals surface area contributed by atoms with E-state index >= 15 is 0 Å². The molecule has 0 aliphatic carbocycles. The maximum atomic E-state index is 13.3. The van der Waals surface area contributed by atoms with Gasteiger partial charge in [-0.2, -0.15) is 0 Å². The molecule has 88 valence electrons. The van der Waals surface area contributed by atoms with Crippen molar-refractivity contribution in [1.82, 2.24) is 4.98 Å². The van der Waals surface area contributed by atoms with E-state index in [1.807, 2.05) is 0 Å². The summed E-state index contributed by atoms with van der Waals surface area (Å²) >= 11 is 7.63. The summed E-state index contributed by atoms with van der Waals surface area (Å²) in [4.78, 5) is 14.8. The van der Waals surface area contributed by atoms with E-state index in [0.29, 0.717) is 10.6 Å². The summed E-state index contributed by atoms with van der Waals surface area (Å²) in [7, 11) is 0. The zero-order chi connectivity index (χ0) is 12.4. The number of rotatable bonds is 3. The van der Waals surface area contributed by atoms with E-state index in [0.717, 1.165) is 41.3 Å². The second kappa shape index (κ2) is 5.12. The fourth-order valence-electron chi connectivity index (χ4n) is 1.06. The molecule has 7 heteroatoms. The first-order chi connectivity index (χ1) is 8.10. The fraction of sp³-hybridized carbons (Fsp3) is 0. The summed E-state index contributed by atoms with van der Waals surface area (Å²) in [6.45, 7) is 0. The lowest BCUT2D eigenvalue weighted by Gasteiger charge is -1.99. The Hall–Kier alpha value is -0.980. The number of thiazole rings is 1. The van der Waals surface area contributed by atoms with Crippen LogP contribution in [0, 0.1) is 11.6 Å². The van der Waals surface area contributed by atoms with Gasteiger partial charge in [-0.05, 0) is 18.2 Å². The van der Waals surface area contributed by atoms with Crippen molar-refractivity contribution in [1.29, 1.82) is 0 Å². The van der Waals surface area contributed by atoms with E-state index in [9.17, 15) is 13.6 Å². The summed E-state index contributed by atoms with van der Waals surface area (Å²) in [5, 5.41) is 0.0734. The molecule has 2 nitrogen and oxygen atoms in total. The number of hydrogen-bond acceptors (Lipinski definition) is 4. The summed E-state index contributed by atoms with van der Waals surface area (Å²) in [6, 6.07) is 3.13. The number of aldehydes is 1. The highest BCUT2D eigenvalue weighted by atomic mass is 35.5. The van der Waals surface area contributed by atoms with Crippen molar-refractivity contribution in [3.8, 4) is 0 Å². The van der Waals surface area contributed by atoms with Crippen LogP contribution in [0.3, 0.4) is 0 Å². The van der Waals surface area contributed by atoms with Gasteiger partial charge in [-0.3, -0.25) is 4.79 Å². The van der Waals surface area contributed by atoms with Gasteiger partial charge in [-0.25, -0.2) is 13.8 Å². The molecule has 0 radical (unpaired) electrons. The molecule has 1 heterocycles. The van der Waals surface area contributed by atoms with Gasteiger partial charge in [0.15, 0.2) is 15.8 Å². The molecule has 0 bridgehead atoms. The van der Waals surface area contributed by atoms with Gasteiger partial charge in [-0.15, -0.1) is 11.3 Å². The first-order valence-corrected chi connectivity index (χ1v) is 6.35. The Morgan fingerprint density at radius 2 is 2.18 bits per heavy atom. The topological polar surface area (TPSA) is 30.0 Å². The first-order valence-electron chi connectivity index (χ1n) is 4.34. The molecule has 0 fully saturated rings. The molecule has 2 aromatic rings. The van der Waals surface area contributed by atoms with Crippen LogP contribution in [0.15, 0.2) is 27.4 Å². The van der Waals surface area contributed by atoms with Gasteiger partial charge in [0.05, 0.1) is 4.90 Å². The van der Waals surface area contributed by atoms with Crippen LogP contribution < -0.4 is 0 Å². The lowest BCUT2D eigenvalue weighted by Crippen LogP contribution is -1.82. The Bertz CT molecular complexity index is 573. The van der Waals surface area contributed by atoms with E-state index in [1.54, 1.807) is 0 Å². The fourth-order valence-corrected chi connectivity index (χ4v) is 3.28. The zero-order valence-corrected chi connectivity index (χ0v) is 10.5. The van der Waals surface area contributed by atoms with Gasteiger partial charge in [0, 0.05) is 0 Å². The second-order valence-corrected chi connectivity index (χ2v) is 5.61. The molecule has 0 saturated carbocycles. The molecule has 0 N–H and O–H groups in total. The van der Waals surface area contributed by atoms with Crippen LogP contribution in [-0.4, -0.2) is 11.3 Å². The minimum Gasteiger partial charge on any atom is -0.297 e. The Kier molecular flexibility index (Phi) is 3.76. The van der Waals surface area contributed by atoms with Crippen LogP contribution in [0.5, 0.6) is 0 Å². The third-order valence-electron chi connectivity index (χ3n) is 1.79. The number of halogens is 3. The van der Waals surface area contributed by atoms with E-state index in [-0.39, 0.29) is 14.9 Å². The minimum atomic E-state index is -0.546. The standard InChI is InChI=1S/C10H4ClF2NOS2/c11-9-8(4-15)17-10(14-9)16-7-3-5(12)1-2-6(7)13/h1-4H. The van der Waals surface area contributed by atoms with Gasteiger partial charge < -0.3 is 0 Å². The Morgan fingerprint density at radius 1 is 1.41 bits per heavy atom. The third kappa shape index (κ3) is 2.83. The first kappa shape index (κ1) is 12.5. The molecule has 0 saturated heterocycles. The number of nitrogens with zero attached hydrogens (tertiary/aromatic N) is 1. The molecule has 0 atom stereocenters. The molecule has 0 amide bonds. The molecular weight excluding hydrogens is 288 g/mol. The number of hydrogen-bond donors (Lipinski definition) is 0. The number of benzene rings is 1. The van der Waals surface area contributed by atoms with Crippen molar-refractivity contribution in [2.24, 2.45) is 0 Å². The highest BCUT2D eigenvalue weighted by Crippen LogP contribution is 2.35. The lowest BCUT2D eigenvalue weighted by molar-refractivity contribution is 0.112. The average Bonchev–Trinajstić information content (AvgIpc) is 2.64. The molecule has 0 aliphatic rings. The summed E-state index contributed by atoms with van der Waals surface area (Å²) in [5.41, 5.74) is 0. The highest BCUT2D eigenvalue weighted by Gasteiger charge is 2.12. The molecule has 2 rings (SSSR count). The third-order valence-corrected chi connectivity index (χ3v) is 4.26. The van der Waals surface area contributed by atoms with Crippen LogP contribution in [0.25, 0.3) is 0 Å². The normalized spacial score (nSPS) is 10.5. The maximum absolute atomic E-state index is 13.3. The Balaban J connectivity index is 2.30. The SMILES string of the molecule is O=Cc1sc(Sc2cc(F)ccc2F)nc1Cl. The van der Waals surface area contributed by atoms with Crippen LogP contribution >= 0.6 is 34.7 Å². The van der Waals surface area contributed by atoms with Gasteiger partial charge in [0.2, 0.25) is 0 Å². The second-order valence-electron chi connectivity index (χ2n) is 2.93. The molecule has 17 heavy (non-hydrogen) atoms. The van der Waals surface area contributed by atoms with Crippen molar-refractivity contribution < 1.29 is 13.6 Å². The zero-order valence-electron chi connectivity index (χ0n) is 8.12. The maximum Gasteiger partial charge on any atom is 0.163 e. The van der Waals surface area contributed by atoms with Crippen LogP contribution in [0.2, 0.25) is 5.15 Å². The minimum absolute atomic E-state index is 0.0734. The highest BCUT2D eigenvalue weighted by molar-refractivity contribution is 8.01. The molecular formula is C10H4ClF2NOS2. The predicted molar refractivity (Wildman–Crippen MR) is 63.0 cm³/mol. The summed E-state index contributed by atoms with van der Waals surface area (Å²) < 4.78 is 26.6. The lowest BCUT2D eigenvalue weighted by atomic mass is 10.3. The molecule has 0 spiro atoms. The van der Waals surface area contributed by atoms with Gasteiger partial charge in [0.1, 0.15) is 16.5 Å². The van der Waals surface area contributed by atoms with Crippen molar-refractivity contribution in [2.45, 2.75) is 9.24 Å². The number of carbonyl (C=O) groups is 1. The van der Waals surface area contributed by atoms with Gasteiger partial charge in [0.25, 0.3) is 0 Å². The van der Waals surface area contributed by atoms with E-state index < -0.39 is 11.6 Å². The summed E-state index contributed by atoms with van der Waals surface area (Å²) in [5.74, 6) is -1.08. The molecule has 0 unspecified atom stereocenters. The molecule has 1 aromatic heterocycles. The van der Waals surface area contributed by atoms with Gasteiger partial charge >= 0.3 is 0 Å². The van der Waals surface area contributed by atoms with Crippen LogP contribution in [0.1, 0.15) is 9.67 Å². The van der Waals surface area contributed by atoms with E-state index in [4.69, 9.17) is 11.6 Å². The largest absolute Gasteiger partial charge is 0.297 e. The number of aromatic nitrogens is 1.